The molecule has 4 heteroatoms. The van der Waals surface area contributed by atoms with Gasteiger partial charge < -0.3 is 11.1 Å². The second-order valence-corrected chi connectivity index (χ2v) is 5.80. The second kappa shape index (κ2) is 6.09. The Morgan fingerprint density at radius 3 is 2.65 bits per heavy atom. The minimum atomic E-state index is -0.132. The molecule has 20 heavy (non-hydrogen) atoms. The van der Waals surface area contributed by atoms with E-state index in [1.807, 2.05) is 32.0 Å². The van der Waals surface area contributed by atoms with Gasteiger partial charge in [-0.2, -0.15) is 0 Å². The van der Waals surface area contributed by atoms with Crippen LogP contribution >= 0.6 is 15.9 Å². The maximum absolute atomic E-state index is 12.2. The molecule has 3 N–H and O–H groups in total. The number of hydrogen-bond acceptors (Lipinski definition) is 2. The quantitative estimate of drug-likeness (QED) is 0.839. The number of amides is 1. The van der Waals surface area contributed by atoms with Crippen LogP contribution in [-0.2, 0) is 0 Å². The molecule has 2 aromatic rings. The number of nitrogens with one attached hydrogen (secondary N) is 1. The molecule has 0 radical (unpaired) electrons. The summed E-state index contributed by atoms with van der Waals surface area (Å²) >= 11 is 3.34. The van der Waals surface area contributed by atoms with Crippen molar-refractivity contribution in [3.8, 4) is 0 Å². The fraction of sp³-hybridized carbons (Fsp3) is 0.188. The monoisotopic (exact) mass is 332 g/mol. The Morgan fingerprint density at radius 2 is 2.00 bits per heavy atom. The molecule has 1 amide bonds. The van der Waals surface area contributed by atoms with Gasteiger partial charge in [-0.3, -0.25) is 4.79 Å². The first kappa shape index (κ1) is 14.6. The summed E-state index contributed by atoms with van der Waals surface area (Å²) in [5.74, 6) is -0.132. The van der Waals surface area contributed by atoms with E-state index in [0.29, 0.717) is 11.3 Å². The third-order valence-electron chi connectivity index (χ3n) is 3.07. The number of rotatable bonds is 3. The number of nitrogens with two attached hydrogens (primary N) is 1. The van der Waals surface area contributed by atoms with E-state index in [0.717, 1.165) is 10.0 Å². The summed E-state index contributed by atoms with van der Waals surface area (Å²) in [6.07, 6.45) is 0. The zero-order valence-electron chi connectivity index (χ0n) is 11.5. The largest absolute Gasteiger partial charge is 0.399 e. The van der Waals surface area contributed by atoms with Gasteiger partial charge in [0.2, 0.25) is 0 Å². The van der Waals surface area contributed by atoms with E-state index in [-0.39, 0.29) is 11.9 Å². The lowest BCUT2D eigenvalue weighted by Gasteiger charge is -2.15. The van der Waals surface area contributed by atoms with E-state index in [2.05, 4.69) is 27.3 Å². The van der Waals surface area contributed by atoms with Crippen molar-refractivity contribution < 1.29 is 4.79 Å². The Kier molecular flexibility index (Phi) is 4.45. The first-order chi connectivity index (χ1) is 9.45. The molecule has 0 saturated carbocycles. The molecule has 0 spiro atoms. The Morgan fingerprint density at radius 1 is 1.25 bits per heavy atom. The maximum Gasteiger partial charge on any atom is 0.251 e. The fourth-order valence-corrected chi connectivity index (χ4v) is 2.56. The smallest absolute Gasteiger partial charge is 0.251 e. The average Bonchev–Trinajstić information content (AvgIpc) is 2.37. The summed E-state index contributed by atoms with van der Waals surface area (Å²) in [5.41, 5.74) is 9.12. The summed E-state index contributed by atoms with van der Waals surface area (Å²) in [4.78, 5) is 12.2. The third-order valence-corrected chi connectivity index (χ3v) is 3.53. The molecular weight excluding hydrogens is 316 g/mol. The van der Waals surface area contributed by atoms with Crippen LogP contribution in [0.1, 0.15) is 34.5 Å². The lowest BCUT2D eigenvalue weighted by molar-refractivity contribution is 0.0940. The summed E-state index contributed by atoms with van der Waals surface area (Å²) in [6, 6.07) is 13.2. The van der Waals surface area contributed by atoms with Gasteiger partial charge in [-0.05, 0) is 37.6 Å². The van der Waals surface area contributed by atoms with Crippen LogP contribution in [-0.4, -0.2) is 5.91 Å². The predicted molar refractivity (Wildman–Crippen MR) is 85.6 cm³/mol. The summed E-state index contributed by atoms with van der Waals surface area (Å²) in [5, 5.41) is 2.98. The van der Waals surface area contributed by atoms with Crippen LogP contribution in [0.2, 0.25) is 0 Å². The highest BCUT2D eigenvalue weighted by Crippen LogP contribution is 2.19. The van der Waals surface area contributed by atoms with Crippen molar-refractivity contribution in [3.05, 3.63) is 63.6 Å². The molecule has 0 bridgehead atoms. The number of hydrogen-bond donors (Lipinski definition) is 2. The van der Waals surface area contributed by atoms with Gasteiger partial charge >= 0.3 is 0 Å². The topological polar surface area (TPSA) is 55.1 Å². The van der Waals surface area contributed by atoms with Crippen molar-refractivity contribution in [2.24, 2.45) is 0 Å². The summed E-state index contributed by atoms with van der Waals surface area (Å²) < 4.78 is 0.797. The summed E-state index contributed by atoms with van der Waals surface area (Å²) in [7, 11) is 0. The van der Waals surface area contributed by atoms with Crippen molar-refractivity contribution >= 4 is 27.5 Å². The van der Waals surface area contributed by atoms with E-state index in [4.69, 9.17) is 5.73 Å². The summed E-state index contributed by atoms with van der Waals surface area (Å²) in [6.45, 7) is 4.00. The van der Waals surface area contributed by atoms with Crippen molar-refractivity contribution in [3.63, 3.8) is 0 Å². The fourth-order valence-electron chi connectivity index (χ4n) is 2.05. The first-order valence-corrected chi connectivity index (χ1v) is 7.18. The van der Waals surface area contributed by atoms with Crippen molar-refractivity contribution in [2.75, 3.05) is 5.73 Å². The Balaban J connectivity index is 2.15. The Bertz CT molecular complexity index is 620. The molecule has 0 aliphatic heterocycles. The Labute approximate surface area is 127 Å². The predicted octanol–water partition coefficient (Wildman–Crippen LogP) is 3.83. The highest BCUT2D eigenvalue weighted by atomic mass is 79.9. The molecule has 0 fully saturated rings. The zero-order valence-corrected chi connectivity index (χ0v) is 13.1. The third kappa shape index (κ3) is 3.61. The molecule has 0 aliphatic rings. The van der Waals surface area contributed by atoms with Crippen LogP contribution in [0.15, 0.2) is 46.9 Å². The van der Waals surface area contributed by atoms with Gasteiger partial charge in [-0.25, -0.2) is 0 Å². The van der Waals surface area contributed by atoms with Crippen molar-refractivity contribution in [2.45, 2.75) is 19.9 Å². The molecule has 104 valence electrons. The molecule has 0 aromatic heterocycles. The van der Waals surface area contributed by atoms with E-state index < -0.39 is 0 Å². The minimum Gasteiger partial charge on any atom is -0.399 e. The first-order valence-electron chi connectivity index (χ1n) is 6.39. The molecule has 0 saturated heterocycles. The van der Waals surface area contributed by atoms with Crippen molar-refractivity contribution in [1.29, 1.82) is 0 Å². The van der Waals surface area contributed by atoms with Crippen LogP contribution in [0.5, 0.6) is 0 Å². The van der Waals surface area contributed by atoms with Gasteiger partial charge in [0, 0.05) is 15.7 Å². The molecule has 0 aliphatic carbocycles. The van der Waals surface area contributed by atoms with E-state index in [1.165, 1.54) is 5.56 Å². The van der Waals surface area contributed by atoms with Crippen LogP contribution < -0.4 is 11.1 Å². The molecule has 2 aromatic carbocycles. The number of anilines is 1. The van der Waals surface area contributed by atoms with Gasteiger partial charge in [0.25, 0.3) is 5.91 Å². The number of halogens is 1. The SMILES string of the molecule is Cc1cccc([C@@H](C)NC(=O)c2cc(N)cc(Br)c2)c1. The second-order valence-electron chi connectivity index (χ2n) is 4.88. The van der Waals surface area contributed by atoms with Gasteiger partial charge in [-0.1, -0.05) is 45.8 Å². The van der Waals surface area contributed by atoms with Gasteiger partial charge in [-0.15, -0.1) is 0 Å². The molecule has 1 atom stereocenters. The van der Waals surface area contributed by atoms with Crippen LogP contribution in [0, 0.1) is 6.92 Å². The van der Waals surface area contributed by atoms with E-state index in [9.17, 15) is 4.79 Å². The maximum atomic E-state index is 12.2. The Hall–Kier alpha value is -1.81. The van der Waals surface area contributed by atoms with E-state index in [1.54, 1.807) is 18.2 Å². The zero-order chi connectivity index (χ0) is 14.7. The normalized spacial score (nSPS) is 11.9. The molecule has 3 nitrogen and oxygen atoms in total. The number of carbonyl (C=O) groups excluding carboxylic acids is 1. The number of nitrogen functional groups attached to an aromatic ring is 1. The van der Waals surface area contributed by atoms with E-state index >= 15 is 0 Å². The molecular formula is C16H17BrN2O. The number of carbonyl (C=O) groups is 1. The minimum absolute atomic E-state index is 0.0531. The van der Waals surface area contributed by atoms with Gasteiger partial charge in [0.1, 0.15) is 0 Å². The highest BCUT2D eigenvalue weighted by molar-refractivity contribution is 9.10. The molecule has 0 unspecified atom stereocenters. The number of aryl methyl sites for hydroxylation is 1. The molecule has 2 rings (SSSR count). The number of benzene rings is 2. The van der Waals surface area contributed by atoms with Gasteiger partial charge in [0.05, 0.1) is 6.04 Å². The average molecular weight is 333 g/mol. The van der Waals surface area contributed by atoms with Crippen LogP contribution in [0.4, 0.5) is 5.69 Å². The van der Waals surface area contributed by atoms with Crippen LogP contribution in [0.3, 0.4) is 0 Å². The standard InChI is InChI=1S/C16H17BrN2O/c1-10-4-3-5-12(6-10)11(2)19-16(20)13-7-14(17)9-15(18)8-13/h3-9,11H,18H2,1-2H3,(H,19,20)/t11-/m1/s1. The van der Waals surface area contributed by atoms with Crippen LogP contribution in [0.25, 0.3) is 0 Å². The lowest BCUT2D eigenvalue weighted by Crippen LogP contribution is -2.26. The molecule has 0 heterocycles. The van der Waals surface area contributed by atoms with Crippen molar-refractivity contribution in [1.82, 2.24) is 5.32 Å². The highest BCUT2D eigenvalue weighted by Gasteiger charge is 2.12. The van der Waals surface area contributed by atoms with Gasteiger partial charge in [0.15, 0.2) is 0 Å². The lowest BCUT2D eigenvalue weighted by atomic mass is 10.1.